The van der Waals surface area contributed by atoms with Crippen molar-refractivity contribution in [3.05, 3.63) is 29.8 Å². The van der Waals surface area contributed by atoms with Gasteiger partial charge in [0.15, 0.2) is 5.78 Å². The average molecular weight is 355 g/mol. The Balaban J connectivity index is 0.00000288. The molecule has 1 saturated carbocycles. The van der Waals surface area contributed by atoms with Crippen molar-refractivity contribution in [1.29, 1.82) is 0 Å². The van der Waals surface area contributed by atoms with Gasteiger partial charge in [-0.25, -0.2) is 0 Å². The number of ether oxygens (including phenoxy) is 1. The molecule has 1 atom stereocenters. The summed E-state index contributed by atoms with van der Waals surface area (Å²) >= 11 is 0. The van der Waals surface area contributed by atoms with E-state index in [1.165, 1.54) is 0 Å². The lowest BCUT2D eigenvalue weighted by Gasteiger charge is -2.29. The number of carbonyl (C=O) groups excluding carboxylic acids is 2. The van der Waals surface area contributed by atoms with E-state index in [1.807, 2.05) is 13.8 Å². The lowest BCUT2D eigenvalue weighted by molar-refractivity contribution is -0.123. The molecule has 1 aromatic rings. The minimum absolute atomic E-state index is 0. The Kier molecular flexibility index (Phi) is 7.70. The first-order valence-corrected chi connectivity index (χ1v) is 8.25. The summed E-state index contributed by atoms with van der Waals surface area (Å²) < 4.78 is 5.35. The van der Waals surface area contributed by atoms with Gasteiger partial charge in [0.2, 0.25) is 5.91 Å². The highest BCUT2D eigenvalue weighted by atomic mass is 35.5. The van der Waals surface area contributed by atoms with Gasteiger partial charge in [-0.1, -0.05) is 0 Å². The molecule has 1 amide bonds. The van der Waals surface area contributed by atoms with Crippen LogP contribution in [0.15, 0.2) is 24.3 Å². The highest BCUT2D eigenvalue weighted by molar-refractivity contribution is 5.98. The molecule has 1 aromatic carbocycles. The first-order valence-electron chi connectivity index (χ1n) is 8.25. The van der Waals surface area contributed by atoms with Gasteiger partial charge in [-0.15, -0.1) is 12.4 Å². The van der Waals surface area contributed by atoms with Crippen LogP contribution in [0.1, 0.15) is 49.9 Å². The Hall–Kier alpha value is -1.59. The molecule has 0 heterocycles. The van der Waals surface area contributed by atoms with Gasteiger partial charge >= 0.3 is 0 Å². The van der Waals surface area contributed by atoms with Crippen molar-refractivity contribution in [1.82, 2.24) is 5.32 Å². The van der Waals surface area contributed by atoms with Crippen LogP contribution in [0, 0.1) is 5.92 Å². The zero-order chi connectivity index (χ0) is 16.9. The largest absolute Gasteiger partial charge is 0.494 e. The number of rotatable bonds is 9. The fourth-order valence-corrected chi connectivity index (χ4v) is 2.70. The quantitative estimate of drug-likeness (QED) is 0.668. The van der Waals surface area contributed by atoms with Gasteiger partial charge in [0.25, 0.3) is 0 Å². The number of nitrogens with one attached hydrogen (secondary N) is 1. The molecule has 0 saturated heterocycles. The molecule has 0 bridgehead atoms. The Bertz CT molecular complexity index is 558. The summed E-state index contributed by atoms with van der Waals surface area (Å²) in [5.41, 5.74) is 6.06. The fraction of sp³-hybridized carbons (Fsp3) is 0.556. The van der Waals surface area contributed by atoms with Crippen molar-refractivity contribution in [2.45, 2.75) is 45.1 Å². The number of nitrogens with two attached hydrogens (primary N) is 1. The van der Waals surface area contributed by atoms with E-state index >= 15 is 0 Å². The third-order valence-electron chi connectivity index (χ3n) is 4.39. The third kappa shape index (κ3) is 5.49. The number of benzene rings is 1. The highest BCUT2D eigenvalue weighted by Crippen LogP contribution is 2.39. The topological polar surface area (TPSA) is 81.4 Å². The molecule has 0 radical (unpaired) electrons. The predicted molar refractivity (Wildman–Crippen MR) is 96.7 cm³/mol. The second-order valence-electron chi connectivity index (χ2n) is 6.32. The van der Waals surface area contributed by atoms with Crippen LogP contribution in [-0.2, 0) is 4.79 Å². The van der Waals surface area contributed by atoms with Crippen molar-refractivity contribution < 1.29 is 14.3 Å². The van der Waals surface area contributed by atoms with Gasteiger partial charge in [-0.3, -0.25) is 9.59 Å². The van der Waals surface area contributed by atoms with E-state index in [9.17, 15) is 9.59 Å². The Labute approximate surface area is 149 Å². The zero-order valence-corrected chi connectivity index (χ0v) is 15.2. The highest BCUT2D eigenvalue weighted by Gasteiger charge is 2.41. The van der Waals surface area contributed by atoms with Crippen LogP contribution in [0.25, 0.3) is 0 Å². The molecular formula is C18H27ClN2O3. The molecule has 134 valence electrons. The van der Waals surface area contributed by atoms with Crippen LogP contribution in [0.3, 0.4) is 0 Å². The Morgan fingerprint density at radius 3 is 2.38 bits per heavy atom. The van der Waals surface area contributed by atoms with Gasteiger partial charge in [0, 0.05) is 24.9 Å². The van der Waals surface area contributed by atoms with Gasteiger partial charge in [-0.2, -0.15) is 0 Å². The van der Waals surface area contributed by atoms with Crippen LogP contribution >= 0.6 is 12.4 Å². The van der Waals surface area contributed by atoms with Crippen LogP contribution in [0.2, 0.25) is 0 Å². The van der Waals surface area contributed by atoms with Gasteiger partial charge < -0.3 is 15.8 Å². The Morgan fingerprint density at radius 2 is 1.88 bits per heavy atom. The summed E-state index contributed by atoms with van der Waals surface area (Å²) in [6.07, 6.45) is 2.61. The minimum Gasteiger partial charge on any atom is -0.494 e. The number of carbonyl (C=O) groups is 2. The van der Waals surface area contributed by atoms with Gasteiger partial charge in [0.1, 0.15) is 5.75 Å². The lowest BCUT2D eigenvalue weighted by Crippen LogP contribution is -2.53. The molecule has 1 aliphatic carbocycles. The van der Waals surface area contributed by atoms with E-state index in [-0.39, 0.29) is 42.5 Å². The maximum absolute atomic E-state index is 12.2. The SMILES string of the molecule is CCOc1ccc(C(=O)CCC(=O)NC(C)(CN)C2CC2)cc1.Cl. The molecule has 2 rings (SSSR count). The van der Waals surface area contributed by atoms with Crippen LogP contribution < -0.4 is 15.8 Å². The summed E-state index contributed by atoms with van der Waals surface area (Å²) in [5.74, 6) is 1.07. The van der Waals surface area contributed by atoms with Crippen molar-refractivity contribution in [2.24, 2.45) is 11.7 Å². The summed E-state index contributed by atoms with van der Waals surface area (Å²) in [7, 11) is 0. The summed E-state index contributed by atoms with van der Waals surface area (Å²) in [6.45, 7) is 4.91. The van der Waals surface area contributed by atoms with Crippen molar-refractivity contribution >= 4 is 24.1 Å². The molecule has 3 N–H and O–H groups in total. The lowest BCUT2D eigenvalue weighted by atomic mass is 9.95. The molecule has 1 aliphatic rings. The molecular weight excluding hydrogens is 328 g/mol. The molecule has 6 heteroatoms. The smallest absolute Gasteiger partial charge is 0.220 e. The van der Waals surface area contributed by atoms with E-state index in [2.05, 4.69) is 5.32 Å². The molecule has 0 aliphatic heterocycles. The molecule has 1 unspecified atom stereocenters. The maximum atomic E-state index is 12.2. The normalized spacial score (nSPS) is 15.8. The second-order valence-corrected chi connectivity index (χ2v) is 6.32. The molecule has 5 nitrogen and oxygen atoms in total. The molecule has 0 spiro atoms. The first kappa shape index (κ1) is 20.5. The number of hydrogen-bond acceptors (Lipinski definition) is 4. The minimum atomic E-state index is -0.334. The van der Waals surface area contributed by atoms with Crippen LogP contribution in [0.5, 0.6) is 5.75 Å². The van der Waals surface area contributed by atoms with E-state index in [4.69, 9.17) is 10.5 Å². The van der Waals surface area contributed by atoms with E-state index < -0.39 is 0 Å². The summed E-state index contributed by atoms with van der Waals surface area (Å²) in [4.78, 5) is 24.2. The number of halogens is 1. The number of Topliss-reactive ketones (excluding diaryl/α,β-unsaturated/α-hetero) is 1. The third-order valence-corrected chi connectivity index (χ3v) is 4.39. The first-order chi connectivity index (χ1) is 11.0. The monoisotopic (exact) mass is 354 g/mol. The predicted octanol–water partition coefficient (Wildman–Crippen LogP) is 2.71. The van der Waals surface area contributed by atoms with E-state index in [0.29, 0.717) is 24.6 Å². The van der Waals surface area contributed by atoms with Crippen LogP contribution in [-0.4, -0.2) is 30.4 Å². The molecule has 1 fully saturated rings. The van der Waals surface area contributed by atoms with E-state index in [0.717, 1.165) is 18.6 Å². The standard InChI is InChI=1S/C18H26N2O3.ClH/c1-3-23-15-8-4-13(5-9-15)16(21)10-11-17(22)20-18(2,12-19)14-6-7-14;/h4-5,8-9,14H,3,6-7,10-12,19H2,1-2H3,(H,20,22);1H. The van der Waals surface area contributed by atoms with Gasteiger partial charge in [-0.05, 0) is 56.9 Å². The number of ketones is 1. The zero-order valence-electron chi connectivity index (χ0n) is 14.3. The van der Waals surface area contributed by atoms with Gasteiger partial charge in [0.05, 0.1) is 12.1 Å². The number of hydrogen-bond donors (Lipinski definition) is 2. The molecule has 24 heavy (non-hydrogen) atoms. The summed E-state index contributed by atoms with van der Waals surface area (Å²) in [6, 6.07) is 7.02. The average Bonchev–Trinajstić information content (AvgIpc) is 3.39. The second kappa shape index (κ2) is 9.04. The Morgan fingerprint density at radius 1 is 1.25 bits per heavy atom. The van der Waals surface area contributed by atoms with E-state index in [1.54, 1.807) is 24.3 Å². The number of amides is 1. The van der Waals surface area contributed by atoms with Crippen molar-refractivity contribution in [3.63, 3.8) is 0 Å². The van der Waals surface area contributed by atoms with Crippen molar-refractivity contribution in [2.75, 3.05) is 13.2 Å². The van der Waals surface area contributed by atoms with Crippen molar-refractivity contribution in [3.8, 4) is 5.75 Å². The fourth-order valence-electron chi connectivity index (χ4n) is 2.70. The molecule has 0 aromatic heterocycles. The summed E-state index contributed by atoms with van der Waals surface area (Å²) in [5, 5.41) is 3.00. The van der Waals surface area contributed by atoms with Crippen LogP contribution in [0.4, 0.5) is 0 Å². The maximum Gasteiger partial charge on any atom is 0.220 e.